The minimum atomic E-state index is 0.0183. The van der Waals surface area contributed by atoms with E-state index in [1.165, 1.54) is 20.5 Å². The van der Waals surface area contributed by atoms with Crippen LogP contribution < -0.4 is 5.32 Å². The molecule has 1 fully saturated rings. The summed E-state index contributed by atoms with van der Waals surface area (Å²) in [5.41, 5.74) is 1.22. The van der Waals surface area contributed by atoms with Gasteiger partial charge >= 0.3 is 0 Å². The number of likely N-dealkylation sites (tertiary alicyclic amines) is 1. The second kappa shape index (κ2) is 8.69. The number of thiazole rings is 1. The molecule has 1 aliphatic heterocycles. The average molecular weight is 416 g/mol. The highest BCUT2D eigenvalue weighted by Gasteiger charge is 2.30. The van der Waals surface area contributed by atoms with Gasteiger partial charge in [0.15, 0.2) is 0 Å². The third-order valence-electron chi connectivity index (χ3n) is 5.16. The number of aryl methyl sites for hydroxylation is 1. The van der Waals surface area contributed by atoms with E-state index in [0.717, 1.165) is 35.9 Å². The lowest BCUT2D eigenvalue weighted by molar-refractivity contribution is 0.0940. The normalized spacial score (nSPS) is 17.4. The van der Waals surface area contributed by atoms with E-state index >= 15 is 0 Å². The third kappa shape index (κ3) is 4.12. The number of nitrogens with one attached hydrogen (secondary N) is 1. The van der Waals surface area contributed by atoms with Crippen LogP contribution in [0, 0.1) is 6.92 Å². The first kappa shape index (κ1) is 19.5. The van der Waals surface area contributed by atoms with Crippen LogP contribution in [0.2, 0.25) is 0 Å². The molecule has 1 saturated heterocycles. The standard InChI is InChI=1S/C21H25N3O2S2/c1-14-23-11-16(27-14)13-24-9-7-15(12-24)19-17-5-3-4-6-18(17)28-20(19)21(25)22-8-10-26-2/h3-6,11,15H,7-10,12-13H2,1-2H3,(H,22,25). The first-order valence-corrected chi connectivity index (χ1v) is 11.2. The van der Waals surface area contributed by atoms with Gasteiger partial charge in [0.25, 0.3) is 5.91 Å². The van der Waals surface area contributed by atoms with Gasteiger partial charge in [0.2, 0.25) is 0 Å². The zero-order valence-electron chi connectivity index (χ0n) is 16.2. The molecule has 1 aromatic carbocycles. The van der Waals surface area contributed by atoms with Crippen molar-refractivity contribution in [1.82, 2.24) is 15.2 Å². The molecule has 3 aromatic rings. The number of benzene rings is 1. The molecule has 1 amide bonds. The fourth-order valence-electron chi connectivity index (χ4n) is 3.90. The molecule has 4 rings (SSSR count). The minimum Gasteiger partial charge on any atom is -0.383 e. The van der Waals surface area contributed by atoms with Crippen LogP contribution in [0.5, 0.6) is 0 Å². The second-order valence-electron chi connectivity index (χ2n) is 7.16. The Labute approximate surface area is 173 Å². The van der Waals surface area contributed by atoms with Gasteiger partial charge in [-0.15, -0.1) is 22.7 Å². The van der Waals surface area contributed by atoms with Crippen LogP contribution in [0.15, 0.2) is 30.5 Å². The molecule has 0 saturated carbocycles. The van der Waals surface area contributed by atoms with Gasteiger partial charge in [-0.05, 0) is 36.9 Å². The molecule has 0 bridgehead atoms. The number of hydrogen-bond donors (Lipinski definition) is 1. The van der Waals surface area contributed by atoms with E-state index in [0.29, 0.717) is 19.1 Å². The Hall–Kier alpha value is -1.80. The second-order valence-corrected chi connectivity index (χ2v) is 9.53. The molecular weight excluding hydrogens is 390 g/mol. The summed E-state index contributed by atoms with van der Waals surface area (Å²) in [5.74, 6) is 0.401. The fraction of sp³-hybridized carbons (Fsp3) is 0.429. The number of amides is 1. The van der Waals surface area contributed by atoms with E-state index < -0.39 is 0 Å². The number of ether oxygens (including phenoxy) is 1. The lowest BCUT2D eigenvalue weighted by Gasteiger charge is -2.16. The van der Waals surface area contributed by atoms with Crippen LogP contribution in [-0.2, 0) is 11.3 Å². The van der Waals surface area contributed by atoms with Crippen LogP contribution in [0.4, 0.5) is 0 Å². The quantitative estimate of drug-likeness (QED) is 0.592. The molecule has 148 valence electrons. The number of nitrogens with zero attached hydrogens (tertiary/aromatic N) is 2. The Balaban J connectivity index is 1.56. The van der Waals surface area contributed by atoms with Gasteiger partial charge < -0.3 is 10.1 Å². The van der Waals surface area contributed by atoms with Crippen LogP contribution in [0.25, 0.3) is 10.1 Å². The zero-order valence-corrected chi connectivity index (χ0v) is 17.9. The highest BCUT2D eigenvalue weighted by molar-refractivity contribution is 7.21. The fourth-order valence-corrected chi connectivity index (χ4v) is 5.94. The van der Waals surface area contributed by atoms with Gasteiger partial charge in [0.05, 0.1) is 16.5 Å². The van der Waals surface area contributed by atoms with E-state index in [1.807, 2.05) is 19.2 Å². The number of aromatic nitrogens is 1. The summed E-state index contributed by atoms with van der Waals surface area (Å²) in [5, 5.41) is 5.35. The lowest BCUT2D eigenvalue weighted by Crippen LogP contribution is -2.27. The van der Waals surface area contributed by atoms with E-state index in [1.54, 1.807) is 29.8 Å². The zero-order chi connectivity index (χ0) is 19.5. The minimum absolute atomic E-state index is 0.0183. The van der Waals surface area contributed by atoms with Gasteiger partial charge in [-0.1, -0.05) is 18.2 Å². The summed E-state index contributed by atoms with van der Waals surface area (Å²) < 4.78 is 6.25. The molecule has 7 heteroatoms. The van der Waals surface area contributed by atoms with Crippen LogP contribution >= 0.6 is 22.7 Å². The van der Waals surface area contributed by atoms with Crippen molar-refractivity contribution in [2.75, 3.05) is 33.4 Å². The summed E-state index contributed by atoms with van der Waals surface area (Å²) in [6.45, 7) is 6.08. The summed E-state index contributed by atoms with van der Waals surface area (Å²) in [4.78, 5) is 21.9. The summed E-state index contributed by atoms with van der Waals surface area (Å²) in [6, 6.07) is 8.38. The monoisotopic (exact) mass is 415 g/mol. The average Bonchev–Trinajstić information content (AvgIpc) is 3.40. The number of carbonyl (C=O) groups is 1. The van der Waals surface area contributed by atoms with Crippen molar-refractivity contribution in [1.29, 1.82) is 0 Å². The number of rotatable bonds is 7. The lowest BCUT2D eigenvalue weighted by atomic mass is 9.95. The van der Waals surface area contributed by atoms with Crippen molar-refractivity contribution < 1.29 is 9.53 Å². The van der Waals surface area contributed by atoms with Gasteiger partial charge in [-0.2, -0.15) is 0 Å². The molecule has 2 aromatic heterocycles. The van der Waals surface area contributed by atoms with Crippen molar-refractivity contribution in [3.8, 4) is 0 Å². The van der Waals surface area contributed by atoms with Crippen molar-refractivity contribution in [2.45, 2.75) is 25.8 Å². The van der Waals surface area contributed by atoms with Crippen LogP contribution in [0.3, 0.4) is 0 Å². The smallest absolute Gasteiger partial charge is 0.261 e. The number of thiophene rings is 1. The molecular formula is C21H25N3O2S2. The summed E-state index contributed by atoms with van der Waals surface area (Å²) in [6.07, 6.45) is 3.07. The maximum atomic E-state index is 12.9. The van der Waals surface area contributed by atoms with Gasteiger partial charge in [-0.3, -0.25) is 9.69 Å². The Morgan fingerprint density at radius 2 is 2.21 bits per heavy atom. The molecule has 1 aliphatic rings. The molecule has 0 spiro atoms. The molecule has 28 heavy (non-hydrogen) atoms. The highest BCUT2D eigenvalue weighted by Crippen LogP contribution is 2.40. The van der Waals surface area contributed by atoms with Gasteiger partial charge in [0, 0.05) is 48.4 Å². The van der Waals surface area contributed by atoms with E-state index in [2.05, 4.69) is 33.4 Å². The number of carbonyl (C=O) groups excluding carboxylic acids is 1. The number of hydrogen-bond acceptors (Lipinski definition) is 6. The van der Waals surface area contributed by atoms with Crippen molar-refractivity contribution in [3.05, 3.63) is 50.8 Å². The molecule has 1 unspecified atom stereocenters. The molecule has 5 nitrogen and oxygen atoms in total. The number of methoxy groups -OCH3 is 1. The Bertz CT molecular complexity index is 966. The Morgan fingerprint density at radius 3 is 3.00 bits per heavy atom. The summed E-state index contributed by atoms with van der Waals surface area (Å²) >= 11 is 3.37. The molecule has 0 aliphatic carbocycles. The van der Waals surface area contributed by atoms with E-state index in [-0.39, 0.29) is 5.91 Å². The Morgan fingerprint density at radius 1 is 1.36 bits per heavy atom. The number of fused-ring (bicyclic) bond motifs is 1. The first-order valence-electron chi connectivity index (χ1n) is 9.58. The molecule has 1 atom stereocenters. The topological polar surface area (TPSA) is 54.5 Å². The molecule has 1 N–H and O–H groups in total. The largest absolute Gasteiger partial charge is 0.383 e. The van der Waals surface area contributed by atoms with Crippen molar-refractivity contribution in [2.24, 2.45) is 0 Å². The van der Waals surface area contributed by atoms with Crippen LogP contribution in [0.1, 0.15) is 37.5 Å². The SMILES string of the molecule is COCCNC(=O)c1sc2ccccc2c1C1CCN(Cc2cnc(C)s2)C1. The van der Waals surface area contributed by atoms with Crippen molar-refractivity contribution >= 4 is 38.7 Å². The highest BCUT2D eigenvalue weighted by atomic mass is 32.1. The van der Waals surface area contributed by atoms with E-state index in [4.69, 9.17) is 4.74 Å². The molecule has 0 radical (unpaired) electrons. The van der Waals surface area contributed by atoms with Crippen molar-refractivity contribution in [3.63, 3.8) is 0 Å². The summed E-state index contributed by atoms with van der Waals surface area (Å²) in [7, 11) is 1.65. The Kier molecular flexibility index (Phi) is 6.06. The predicted molar refractivity (Wildman–Crippen MR) is 116 cm³/mol. The maximum absolute atomic E-state index is 12.9. The van der Waals surface area contributed by atoms with Gasteiger partial charge in [-0.25, -0.2) is 4.98 Å². The van der Waals surface area contributed by atoms with Crippen LogP contribution in [-0.4, -0.2) is 49.1 Å². The molecule has 3 heterocycles. The maximum Gasteiger partial charge on any atom is 0.261 e. The first-order chi connectivity index (χ1) is 13.7. The predicted octanol–water partition coefficient (Wildman–Crippen LogP) is 4.03. The van der Waals surface area contributed by atoms with Gasteiger partial charge in [0.1, 0.15) is 0 Å². The third-order valence-corrected chi connectivity index (χ3v) is 7.24. The van der Waals surface area contributed by atoms with E-state index in [9.17, 15) is 4.79 Å².